The Morgan fingerprint density at radius 1 is 1.42 bits per heavy atom. The van der Waals surface area contributed by atoms with Crippen molar-refractivity contribution in [2.45, 2.75) is 33.3 Å². The third-order valence-electron chi connectivity index (χ3n) is 1.91. The van der Waals surface area contributed by atoms with Crippen LogP contribution in [0, 0.1) is 6.92 Å². The van der Waals surface area contributed by atoms with Crippen molar-refractivity contribution in [2.24, 2.45) is 0 Å². The largest absolute Gasteiger partial charge is 0.392 e. The highest BCUT2D eigenvalue weighted by molar-refractivity contribution is 5.25. The summed E-state index contributed by atoms with van der Waals surface area (Å²) in [4.78, 5) is 4.13. The van der Waals surface area contributed by atoms with Crippen molar-refractivity contribution in [1.82, 2.24) is 4.98 Å². The highest BCUT2D eigenvalue weighted by atomic mass is 16.3. The Balaban J connectivity index is 2.95. The number of hydrogen-bond acceptors (Lipinski definition) is 2. The fraction of sp³-hybridized carbons (Fsp3) is 0.500. The molecular formula is C10H15NO. The van der Waals surface area contributed by atoms with Crippen LogP contribution in [0.1, 0.15) is 30.2 Å². The van der Waals surface area contributed by atoms with E-state index in [9.17, 15) is 0 Å². The maximum absolute atomic E-state index is 9.00. The Bertz CT molecular complexity index is 258. The molecule has 1 aromatic rings. The van der Waals surface area contributed by atoms with E-state index < -0.39 is 0 Å². The minimum atomic E-state index is 0.0998. The van der Waals surface area contributed by atoms with Crippen LogP contribution < -0.4 is 0 Å². The summed E-state index contributed by atoms with van der Waals surface area (Å²) in [6.45, 7) is 4.21. The average molecular weight is 165 g/mol. The standard InChI is InChI=1S/C10H15NO/c1-3-4-9-5-8(2)11-6-10(9)7-12/h5-6,12H,3-4,7H2,1-2H3. The first-order valence-corrected chi connectivity index (χ1v) is 4.33. The number of nitrogens with zero attached hydrogens (tertiary/aromatic N) is 1. The van der Waals surface area contributed by atoms with Gasteiger partial charge in [0.25, 0.3) is 0 Å². The number of aromatic nitrogens is 1. The first kappa shape index (κ1) is 9.20. The number of pyridine rings is 1. The molecule has 0 atom stereocenters. The molecule has 0 radical (unpaired) electrons. The van der Waals surface area contributed by atoms with Gasteiger partial charge in [-0.3, -0.25) is 4.98 Å². The minimum Gasteiger partial charge on any atom is -0.392 e. The summed E-state index contributed by atoms with van der Waals surface area (Å²) in [6, 6.07) is 2.05. The molecular weight excluding hydrogens is 150 g/mol. The number of aryl methyl sites for hydroxylation is 2. The molecule has 1 N–H and O–H groups in total. The van der Waals surface area contributed by atoms with Crippen LogP contribution in [-0.2, 0) is 13.0 Å². The van der Waals surface area contributed by atoms with Crippen LogP contribution in [0.15, 0.2) is 12.3 Å². The van der Waals surface area contributed by atoms with Crippen molar-refractivity contribution in [3.05, 3.63) is 29.1 Å². The zero-order chi connectivity index (χ0) is 8.97. The number of aliphatic hydroxyl groups is 1. The van der Waals surface area contributed by atoms with E-state index in [1.54, 1.807) is 6.20 Å². The second-order valence-corrected chi connectivity index (χ2v) is 3.00. The fourth-order valence-electron chi connectivity index (χ4n) is 1.29. The van der Waals surface area contributed by atoms with Crippen LogP contribution in [-0.4, -0.2) is 10.1 Å². The molecule has 0 saturated carbocycles. The van der Waals surface area contributed by atoms with E-state index >= 15 is 0 Å². The molecule has 0 fully saturated rings. The van der Waals surface area contributed by atoms with Gasteiger partial charge in [-0.05, 0) is 30.5 Å². The van der Waals surface area contributed by atoms with Gasteiger partial charge < -0.3 is 5.11 Å². The van der Waals surface area contributed by atoms with Gasteiger partial charge in [-0.2, -0.15) is 0 Å². The van der Waals surface area contributed by atoms with Gasteiger partial charge in [0.1, 0.15) is 0 Å². The fourth-order valence-corrected chi connectivity index (χ4v) is 1.29. The molecule has 0 amide bonds. The molecule has 2 nitrogen and oxygen atoms in total. The van der Waals surface area contributed by atoms with Gasteiger partial charge in [-0.15, -0.1) is 0 Å². The van der Waals surface area contributed by atoms with Crippen LogP contribution in [0.3, 0.4) is 0 Å². The van der Waals surface area contributed by atoms with Crippen molar-refractivity contribution in [1.29, 1.82) is 0 Å². The number of aliphatic hydroxyl groups excluding tert-OH is 1. The molecule has 0 spiro atoms. The van der Waals surface area contributed by atoms with Gasteiger partial charge in [-0.25, -0.2) is 0 Å². The Hall–Kier alpha value is -0.890. The van der Waals surface area contributed by atoms with Gasteiger partial charge in [0, 0.05) is 11.9 Å². The normalized spacial score (nSPS) is 10.2. The van der Waals surface area contributed by atoms with Gasteiger partial charge in [-0.1, -0.05) is 13.3 Å². The first-order valence-electron chi connectivity index (χ1n) is 4.33. The molecule has 2 heteroatoms. The zero-order valence-electron chi connectivity index (χ0n) is 7.67. The zero-order valence-corrected chi connectivity index (χ0v) is 7.67. The topological polar surface area (TPSA) is 33.1 Å². The van der Waals surface area contributed by atoms with Crippen LogP contribution >= 0.6 is 0 Å². The van der Waals surface area contributed by atoms with Crippen molar-refractivity contribution >= 4 is 0 Å². The van der Waals surface area contributed by atoms with E-state index in [-0.39, 0.29) is 6.61 Å². The lowest BCUT2D eigenvalue weighted by molar-refractivity contribution is 0.280. The molecule has 0 aliphatic heterocycles. The summed E-state index contributed by atoms with van der Waals surface area (Å²) in [5.74, 6) is 0. The van der Waals surface area contributed by atoms with Gasteiger partial charge >= 0.3 is 0 Å². The SMILES string of the molecule is CCCc1cc(C)ncc1CO. The maximum Gasteiger partial charge on any atom is 0.0699 e. The molecule has 0 aromatic carbocycles. The van der Waals surface area contributed by atoms with E-state index in [4.69, 9.17) is 5.11 Å². The van der Waals surface area contributed by atoms with Crippen molar-refractivity contribution in [3.8, 4) is 0 Å². The molecule has 0 saturated heterocycles. The Kier molecular flexibility index (Phi) is 3.23. The third kappa shape index (κ3) is 2.05. The van der Waals surface area contributed by atoms with E-state index in [1.165, 1.54) is 5.56 Å². The molecule has 12 heavy (non-hydrogen) atoms. The number of hydrogen-bond donors (Lipinski definition) is 1. The molecule has 66 valence electrons. The Labute approximate surface area is 73.3 Å². The van der Waals surface area contributed by atoms with E-state index in [0.29, 0.717) is 0 Å². The van der Waals surface area contributed by atoms with Crippen molar-refractivity contribution < 1.29 is 5.11 Å². The average Bonchev–Trinajstić information content (AvgIpc) is 2.05. The minimum absolute atomic E-state index is 0.0998. The van der Waals surface area contributed by atoms with Crippen molar-refractivity contribution in [2.75, 3.05) is 0 Å². The lowest BCUT2D eigenvalue weighted by Crippen LogP contribution is -1.96. The number of rotatable bonds is 3. The van der Waals surface area contributed by atoms with Gasteiger partial charge in [0.05, 0.1) is 6.61 Å². The van der Waals surface area contributed by atoms with Crippen LogP contribution in [0.2, 0.25) is 0 Å². The van der Waals surface area contributed by atoms with Crippen molar-refractivity contribution in [3.63, 3.8) is 0 Å². The summed E-state index contributed by atoms with van der Waals surface area (Å²) < 4.78 is 0. The Morgan fingerprint density at radius 3 is 2.75 bits per heavy atom. The van der Waals surface area contributed by atoms with Gasteiger partial charge in [0.15, 0.2) is 0 Å². The molecule has 0 aliphatic carbocycles. The maximum atomic E-state index is 9.00. The van der Waals surface area contributed by atoms with E-state index in [2.05, 4.69) is 18.0 Å². The summed E-state index contributed by atoms with van der Waals surface area (Å²) in [5.41, 5.74) is 3.21. The molecule has 1 heterocycles. The Morgan fingerprint density at radius 2 is 2.17 bits per heavy atom. The molecule has 0 aliphatic rings. The summed E-state index contributed by atoms with van der Waals surface area (Å²) in [7, 11) is 0. The lowest BCUT2D eigenvalue weighted by Gasteiger charge is -2.05. The van der Waals surface area contributed by atoms with Crippen LogP contribution in [0.4, 0.5) is 0 Å². The summed E-state index contributed by atoms with van der Waals surface area (Å²) in [5, 5.41) is 9.00. The predicted octanol–water partition coefficient (Wildman–Crippen LogP) is 1.83. The highest BCUT2D eigenvalue weighted by Gasteiger charge is 2.00. The van der Waals surface area contributed by atoms with Gasteiger partial charge in [0.2, 0.25) is 0 Å². The third-order valence-corrected chi connectivity index (χ3v) is 1.91. The second-order valence-electron chi connectivity index (χ2n) is 3.00. The monoisotopic (exact) mass is 165 g/mol. The molecule has 1 rings (SSSR count). The second kappa shape index (κ2) is 4.21. The van der Waals surface area contributed by atoms with E-state index in [0.717, 1.165) is 24.1 Å². The smallest absolute Gasteiger partial charge is 0.0699 e. The summed E-state index contributed by atoms with van der Waals surface area (Å²) in [6.07, 6.45) is 3.90. The first-order chi connectivity index (χ1) is 5.77. The molecule has 0 unspecified atom stereocenters. The highest BCUT2D eigenvalue weighted by Crippen LogP contribution is 2.11. The predicted molar refractivity (Wildman–Crippen MR) is 48.9 cm³/mol. The quantitative estimate of drug-likeness (QED) is 0.741. The van der Waals surface area contributed by atoms with Crippen LogP contribution in [0.5, 0.6) is 0 Å². The lowest BCUT2D eigenvalue weighted by atomic mass is 10.1. The molecule has 1 aromatic heterocycles. The summed E-state index contributed by atoms with van der Waals surface area (Å²) >= 11 is 0. The van der Waals surface area contributed by atoms with E-state index in [1.807, 2.05) is 6.92 Å². The molecule has 0 bridgehead atoms. The van der Waals surface area contributed by atoms with Crippen LogP contribution in [0.25, 0.3) is 0 Å².